The van der Waals surface area contributed by atoms with Gasteiger partial charge in [-0.05, 0) is 36.8 Å². The molecule has 0 amide bonds. The summed E-state index contributed by atoms with van der Waals surface area (Å²) in [5.41, 5.74) is 3.43. The van der Waals surface area contributed by atoms with E-state index in [1.807, 2.05) is 25.1 Å². The zero-order valence-corrected chi connectivity index (χ0v) is 11.4. The van der Waals surface area contributed by atoms with Crippen molar-refractivity contribution in [3.05, 3.63) is 63.9 Å². The number of nitrogens with zero attached hydrogens (tertiary/aromatic N) is 1. The number of benzene rings is 1. The fourth-order valence-corrected chi connectivity index (χ4v) is 1.90. The van der Waals surface area contributed by atoms with E-state index in [1.165, 1.54) is 5.56 Å². The number of hydrogen-bond acceptors (Lipinski definition) is 2. The van der Waals surface area contributed by atoms with Crippen LogP contribution < -0.4 is 5.32 Å². The first-order valence-electron chi connectivity index (χ1n) is 5.62. The molecule has 0 aliphatic rings. The van der Waals surface area contributed by atoms with Gasteiger partial charge in [0.15, 0.2) is 0 Å². The predicted octanol–water partition coefficient (Wildman–Crippen LogP) is 3.44. The van der Waals surface area contributed by atoms with Gasteiger partial charge in [-0.15, -0.1) is 0 Å². The maximum absolute atomic E-state index is 4.45. The van der Waals surface area contributed by atoms with E-state index in [0.717, 1.165) is 29.0 Å². The Balaban J connectivity index is 1.85. The Morgan fingerprint density at radius 3 is 2.53 bits per heavy atom. The maximum atomic E-state index is 4.45. The molecule has 1 aromatic carbocycles. The van der Waals surface area contributed by atoms with Gasteiger partial charge < -0.3 is 5.32 Å². The Morgan fingerprint density at radius 2 is 1.82 bits per heavy atom. The second-order valence-electron chi connectivity index (χ2n) is 4.00. The maximum Gasteiger partial charge on any atom is 0.0544 e. The molecule has 2 aromatic rings. The number of halogens is 1. The first-order valence-corrected chi connectivity index (χ1v) is 6.41. The third kappa shape index (κ3) is 3.95. The highest BCUT2D eigenvalue weighted by atomic mass is 79.9. The zero-order valence-electron chi connectivity index (χ0n) is 9.78. The largest absolute Gasteiger partial charge is 0.307 e. The van der Waals surface area contributed by atoms with Crippen LogP contribution in [-0.2, 0) is 13.1 Å². The highest BCUT2D eigenvalue weighted by Crippen LogP contribution is 2.10. The van der Waals surface area contributed by atoms with E-state index in [4.69, 9.17) is 0 Å². The van der Waals surface area contributed by atoms with Crippen LogP contribution in [0.5, 0.6) is 0 Å². The van der Waals surface area contributed by atoms with Crippen LogP contribution in [0.15, 0.2) is 46.9 Å². The van der Waals surface area contributed by atoms with Crippen LogP contribution >= 0.6 is 15.9 Å². The molecule has 0 bridgehead atoms. The molecule has 3 heteroatoms. The van der Waals surface area contributed by atoms with Crippen LogP contribution in [0.1, 0.15) is 17.0 Å². The Kier molecular flexibility index (Phi) is 4.29. The molecule has 0 aliphatic carbocycles. The smallest absolute Gasteiger partial charge is 0.0544 e. The third-order valence-corrected chi connectivity index (χ3v) is 3.02. The normalized spacial score (nSPS) is 10.5. The topological polar surface area (TPSA) is 24.9 Å². The molecule has 0 saturated heterocycles. The molecule has 0 aliphatic heterocycles. The van der Waals surface area contributed by atoms with Crippen LogP contribution in [0.4, 0.5) is 0 Å². The molecule has 0 fully saturated rings. The second-order valence-corrected chi connectivity index (χ2v) is 4.92. The van der Waals surface area contributed by atoms with E-state index < -0.39 is 0 Å². The van der Waals surface area contributed by atoms with Crippen LogP contribution in [0.25, 0.3) is 0 Å². The molecular weight excluding hydrogens is 276 g/mol. The van der Waals surface area contributed by atoms with Crippen molar-refractivity contribution in [2.45, 2.75) is 20.0 Å². The Bertz CT molecular complexity index is 480. The van der Waals surface area contributed by atoms with E-state index in [-0.39, 0.29) is 0 Å². The summed E-state index contributed by atoms with van der Waals surface area (Å²) >= 11 is 3.43. The Labute approximate surface area is 110 Å². The number of hydrogen-bond donors (Lipinski definition) is 1. The second kappa shape index (κ2) is 5.94. The summed E-state index contributed by atoms with van der Waals surface area (Å²) in [6.07, 6.45) is 0. The summed E-state index contributed by atoms with van der Waals surface area (Å²) in [5.74, 6) is 0. The number of pyridine rings is 1. The molecule has 1 N–H and O–H groups in total. The summed E-state index contributed by atoms with van der Waals surface area (Å²) in [6, 6.07) is 14.4. The SMILES string of the molecule is Cc1cccc(CNCc2ccc(Br)cc2)n1. The minimum absolute atomic E-state index is 0.803. The van der Waals surface area contributed by atoms with Gasteiger partial charge in [-0.2, -0.15) is 0 Å². The highest BCUT2D eigenvalue weighted by molar-refractivity contribution is 9.10. The first-order chi connectivity index (χ1) is 8.24. The molecule has 1 heterocycles. The lowest BCUT2D eigenvalue weighted by Gasteiger charge is -2.05. The number of nitrogens with one attached hydrogen (secondary N) is 1. The first kappa shape index (κ1) is 12.3. The zero-order chi connectivity index (χ0) is 12.1. The minimum atomic E-state index is 0.803. The molecular formula is C14H15BrN2. The van der Waals surface area contributed by atoms with Crippen molar-refractivity contribution in [2.24, 2.45) is 0 Å². The highest BCUT2D eigenvalue weighted by Gasteiger charge is 1.96. The summed E-state index contributed by atoms with van der Waals surface area (Å²) in [4.78, 5) is 4.45. The van der Waals surface area contributed by atoms with Crippen molar-refractivity contribution in [3.8, 4) is 0 Å². The summed E-state index contributed by atoms with van der Waals surface area (Å²) in [6.45, 7) is 3.68. The van der Waals surface area contributed by atoms with Gasteiger partial charge in [-0.1, -0.05) is 34.1 Å². The number of aryl methyl sites for hydroxylation is 1. The Hall–Kier alpha value is -1.19. The molecule has 0 atom stereocenters. The van der Waals surface area contributed by atoms with Crippen molar-refractivity contribution >= 4 is 15.9 Å². The van der Waals surface area contributed by atoms with Crippen molar-refractivity contribution in [2.75, 3.05) is 0 Å². The Morgan fingerprint density at radius 1 is 1.06 bits per heavy atom. The summed E-state index contributed by atoms with van der Waals surface area (Å²) < 4.78 is 1.11. The molecule has 0 spiro atoms. The average molecular weight is 291 g/mol. The molecule has 1 aromatic heterocycles. The van der Waals surface area contributed by atoms with Gasteiger partial charge in [-0.25, -0.2) is 0 Å². The third-order valence-electron chi connectivity index (χ3n) is 2.49. The van der Waals surface area contributed by atoms with Crippen molar-refractivity contribution < 1.29 is 0 Å². The van der Waals surface area contributed by atoms with Gasteiger partial charge in [-0.3, -0.25) is 4.98 Å². The van der Waals surface area contributed by atoms with Crippen molar-refractivity contribution in [3.63, 3.8) is 0 Å². The molecule has 0 unspecified atom stereocenters. The summed E-state index contributed by atoms with van der Waals surface area (Å²) in [5, 5.41) is 3.39. The lowest BCUT2D eigenvalue weighted by molar-refractivity contribution is 0.678. The molecule has 2 rings (SSSR count). The van der Waals surface area contributed by atoms with Gasteiger partial charge in [0, 0.05) is 23.3 Å². The van der Waals surface area contributed by atoms with Gasteiger partial charge in [0.25, 0.3) is 0 Å². The average Bonchev–Trinajstić information content (AvgIpc) is 2.32. The van der Waals surface area contributed by atoms with E-state index in [9.17, 15) is 0 Å². The molecule has 17 heavy (non-hydrogen) atoms. The van der Waals surface area contributed by atoms with E-state index >= 15 is 0 Å². The van der Waals surface area contributed by atoms with Gasteiger partial charge in [0.05, 0.1) is 5.69 Å². The lowest BCUT2D eigenvalue weighted by Crippen LogP contribution is -2.13. The summed E-state index contributed by atoms with van der Waals surface area (Å²) in [7, 11) is 0. The van der Waals surface area contributed by atoms with Gasteiger partial charge in [0.2, 0.25) is 0 Å². The molecule has 2 nitrogen and oxygen atoms in total. The standard InChI is InChI=1S/C14H15BrN2/c1-11-3-2-4-14(17-11)10-16-9-12-5-7-13(15)8-6-12/h2-8,16H,9-10H2,1H3. The molecule has 0 saturated carbocycles. The lowest BCUT2D eigenvalue weighted by atomic mass is 10.2. The number of aromatic nitrogens is 1. The molecule has 88 valence electrons. The van der Waals surface area contributed by atoms with Crippen LogP contribution in [0.2, 0.25) is 0 Å². The fraction of sp³-hybridized carbons (Fsp3) is 0.214. The monoisotopic (exact) mass is 290 g/mol. The van der Waals surface area contributed by atoms with Crippen molar-refractivity contribution in [1.82, 2.24) is 10.3 Å². The van der Waals surface area contributed by atoms with Gasteiger partial charge in [0.1, 0.15) is 0 Å². The predicted molar refractivity (Wildman–Crippen MR) is 73.7 cm³/mol. The van der Waals surface area contributed by atoms with Crippen LogP contribution in [-0.4, -0.2) is 4.98 Å². The quantitative estimate of drug-likeness (QED) is 0.933. The fourth-order valence-electron chi connectivity index (χ4n) is 1.64. The van der Waals surface area contributed by atoms with Crippen LogP contribution in [0, 0.1) is 6.92 Å². The van der Waals surface area contributed by atoms with Gasteiger partial charge >= 0.3 is 0 Å². The van der Waals surface area contributed by atoms with E-state index in [2.05, 4.69) is 50.5 Å². The minimum Gasteiger partial charge on any atom is -0.307 e. The van der Waals surface area contributed by atoms with Crippen molar-refractivity contribution in [1.29, 1.82) is 0 Å². The van der Waals surface area contributed by atoms with E-state index in [1.54, 1.807) is 0 Å². The van der Waals surface area contributed by atoms with Crippen LogP contribution in [0.3, 0.4) is 0 Å². The van der Waals surface area contributed by atoms with E-state index in [0.29, 0.717) is 0 Å². The number of rotatable bonds is 4. The molecule has 0 radical (unpaired) electrons.